The SMILES string of the molecule is CC(C)(C)OC(=O)N1CCC([C@H](O)CN)CC1. The Balaban J connectivity index is 2.39. The van der Waals surface area contributed by atoms with Gasteiger partial charge in [0.25, 0.3) is 0 Å². The van der Waals surface area contributed by atoms with Gasteiger partial charge in [0, 0.05) is 19.6 Å². The predicted octanol–water partition coefficient (Wildman–Crippen LogP) is 0.953. The van der Waals surface area contributed by atoms with Crippen LogP contribution in [0, 0.1) is 5.92 Å². The molecule has 17 heavy (non-hydrogen) atoms. The van der Waals surface area contributed by atoms with E-state index in [0.29, 0.717) is 13.1 Å². The molecule has 0 bridgehead atoms. The van der Waals surface area contributed by atoms with E-state index in [-0.39, 0.29) is 18.6 Å². The van der Waals surface area contributed by atoms with Gasteiger partial charge in [-0.3, -0.25) is 0 Å². The first kappa shape index (κ1) is 14.3. The molecule has 3 N–H and O–H groups in total. The molecule has 0 aromatic rings. The van der Waals surface area contributed by atoms with Crippen LogP contribution in [0.5, 0.6) is 0 Å². The lowest BCUT2D eigenvalue weighted by molar-refractivity contribution is 0.00903. The highest BCUT2D eigenvalue weighted by molar-refractivity contribution is 5.68. The van der Waals surface area contributed by atoms with Crippen LogP contribution in [-0.2, 0) is 4.74 Å². The minimum Gasteiger partial charge on any atom is -0.444 e. The maximum atomic E-state index is 11.8. The number of likely N-dealkylation sites (tertiary alicyclic amines) is 1. The van der Waals surface area contributed by atoms with E-state index in [0.717, 1.165) is 12.8 Å². The molecule has 100 valence electrons. The summed E-state index contributed by atoms with van der Waals surface area (Å²) >= 11 is 0. The van der Waals surface area contributed by atoms with Gasteiger partial charge in [-0.2, -0.15) is 0 Å². The van der Waals surface area contributed by atoms with Crippen molar-refractivity contribution >= 4 is 6.09 Å². The van der Waals surface area contributed by atoms with E-state index in [9.17, 15) is 9.90 Å². The topological polar surface area (TPSA) is 75.8 Å². The van der Waals surface area contributed by atoms with Crippen LogP contribution in [0.4, 0.5) is 4.79 Å². The van der Waals surface area contributed by atoms with Crippen molar-refractivity contribution in [1.29, 1.82) is 0 Å². The van der Waals surface area contributed by atoms with Gasteiger partial charge < -0.3 is 20.5 Å². The third-order valence-electron chi connectivity index (χ3n) is 2.98. The summed E-state index contributed by atoms with van der Waals surface area (Å²) in [5.41, 5.74) is 4.97. The molecular formula is C12H24N2O3. The van der Waals surface area contributed by atoms with Crippen LogP contribution in [0.1, 0.15) is 33.6 Å². The van der Waals surface area contributed by atoms with Crippen LogP contribution >= 0.6 is 0 Å². The Hall–Kier alpha value is -0.810. The van der Waals surface area contributed by atoms with Crippen LogP contribution in [-0.4, -0.2) is 47.4 Å². The summed E-state index contributed by atoms with van der Waals surface area (Å²) in [5.74, 6) is 0.207. The summed E-state index contributed by atoms with van der Waals surface area (Å²) in [5, 5.41) is 9.63. The zero-order valence-electron chi connectivity index (χ0n) is 11.0. The zero-order chi connectivity index (χ0) is 13.1. The Morgan fingerprint density at radius 1 is 1.47 bits per heavy atom. The summed E-state index contributed by atoms with van der Waals surface area (Å²) in [6, 6.07) is 0. The zero-order valence-corrected chi connectivity index (χ0v) is 11.0. The normalized spacial score (nSPS) is 20.2. The lowest BCUT2D eigenvalue weighted by atomic mass is 9.91. The van der Waals surface area contributed by atoms with E-state index < -0.39 is 11.7 Å². The van der Waals surface area contributed by atoms with Gasteiger partial charge in [-0.25, -0.2) is 4.79 Å². The molecular weight excluding hydrogens is 220 g/mol. The van der Waals surface area contributed by atoms with Crippen LogP contribution in [0.2, 0.25) is 0 Å². The molecule has 1 heterocycles. The van der Waals surface area contributed by atoms with E-state index >= 15 is 0 Å². The van der Waals surface area contributed by atoms with E-state index in [1.54, 1.807) is 4.90 Å². The lowest BCUT2D eigenvalue weighted by Gasteiger charge is -2.34. The molecule has 1 fully saturated rings. The van der Waals surface area contributed by atoms with Crippen LogP contribution < -0.4 is 5.73 Å². The molecule has 5 nitrogen and oxygen atoms in total. The molecule has 0 radical (unpaired) electrons. The maximum Gasteiger partial charge on any atom is 0.410 e. The standard InChI is InChI=1S/C12H24N2O3/c1-12(2,3)17-11(16)14-6-4-9(5-7-14)10(15)8-13/h9-10,15H,4-8,13H2,1-3H3/t10-/m1/s1. The minimum absolute atomic E-state index is 0.207. The van der Waals surface area contributed by atoms with Gasteiger partial charge in [-0.1, -0.05) is 0 Å². The first-order chi connectivity index (χ1) is 7.83. The van der Waals surface area contributed by atoms with Gasteiger partial charge in [0.2, 0.25) is 0 Å². The molecule has 0 aromatic carbocycles. The number of piperidine rings is 1. The number of rotatable bonds is 2. The second kappa shape index (κ2) is 5.69. The van der Waals surface area contributed by atoms with E-state index in [4.69, 9.17) is 10.5 Å². The highest BCUT2D eigenvalue weighted by Crippen LogP contribution is 2.21. The Morgan fingerprint density at radius 2 is 2.00 bits per heavy atom. The van der Waals surface area contributed by atoms with Gasteiger partial charge >= 0.3 is 6.09 Å². The van der Waals surface area contributed by atoms with Crippen molar-refractivity contribution in [3.8, 4) is 0 Å². The van der Waals surface area contributed by atoms with Crippen molar-refractivity contribution in [3.05, 3.63) is 0 Å². The fourth-order valence-electron chi connectivity index (χ4n) is 1.99. The lowest BCUT2D eigenvalue weighted by Crippen LogP contribution is -2.44. The molecule has 5 heteroatoms. The summed E-state index contributed by atoms with van der Waals surface area (Å²) < 4.78 is 5.30. The third-order valence-corrected chi connectivity index (χ3v) is 2.98. The average Bonchev–Trinajstić information content (AvgIpc) is 2.26. The molecule has 0 aromatic heterocycles. The molecule has 0 unspecified atom stereocenters. The third kappa shape index (κ3) is 4.52. The quantitative estimate of drug-likeness (QED) is 0.758. The summed E-state index contributed by atoms with van der Waals surface area (Å²) in [4.78, 5) is 13.5. The van der Waals surface area contributed by atoms with E-state index in [2.05, 4.69) is 0 Å². The van der Waals surface area contributed by atoms with Crippen molar-refractivity contribution in [2.75, 3.05) is 19.6 Å². The highest BCUT2D eigenvalue weighted by Gasteiger charge is 2.29. The molecule has 1 amide bonds. The molecule has 0 spiro atoms. The molecule has 1 atom stereocenters. The highest BCUT2D eigenvalue weighted by atomic mass is 16.6. The molecule has 1 saturated heterocycles. The van der Waals surface area contributed by atoms with Gasteiger partial charge in [0.15, 0.2) is 0 Å². The number of ether oxygens (including phenoxy) is 1. The first-order valence-corrected chi connectivity index (χ1v) is 6.19. The van der Waals surface area contributed by atoms with Crippen LogP contribution in [0.3, 0.4) is 0 Å². The summed E-state index contributed by atoms with van der Waals surface area (Å²) in [6.45, 7) is 7.13. The Labute approximate surface area is 103 Å². The van der Waals surface area contributed by atoms with Crippen molar-refractivity contribution in [1.82, 2.24) is 4.90 Å². The molecule has 0 saturated carbocycles. The van der Waals surface area contributed by atoms with Gasteiger partial charge in [-0.15, -0.1) is 0 Å². The Bertz CT molecular complexity index is 255. The second-order valence-electron chi connectivity index (χ2n) is 5.61. The Kier molecular flexibility index (Phi) is 4.77. The van der Waals surface area contributed by atoms with Gasteiger partial charge in [0.05, 0.1) is 6.10 Å². The fraction of sp³-hybridized carbons (Fsp3) is 0.917. The number of nitrogens with two attached hydrogens (primary N) is 1. The summed E-state index contributed by atoms with van der Waals surface area (Å²) in [7, 11) is 0. The average molecular weight is 244 g/mol. The number of amides is 1. The molecule has 1 rings (SSSR count). The van der Waals surface area contributed by atoms with Crippen molar-refractivity contribution in [2.24, 2.45) is 11.7 Å². The monoisotopic (exact) mass is 244 g/mol. The number of aliphatic hydroxyl groups excluding tert-OH is 1. The number of nitrogens with zero attached hydrogens (tertiary/aromatic N) is 1. The van der Waals surface area contributed by atoms with Crippen molar-refractivity contribution in [2.45, 2.75) is 45.3 Å². The second-order valence-corrected chi connectivity index (χ2v) is 5.61. The molecule has 1 aliphatic rings. The predicted molar refractivity (Wildman–Crippen MR) is 65.6 cm³/mol. The molecule has 0 aliphatic carbocycles. The summed E-state index contributed by atoms with van der Waals surface area (Å²) in [6.07, 6.45) is 0.865. The molecule has 1 aliphatic heterocycles. The van der Waals surface area contributed by atoms with Crippen LogP contribution in [0.25, 0.3) is 0 Å². The smallest absolute Gasteiger partial charge is 0.410 e. The van der Waals surface area contributed by atoms with E-state index in [1.165, 1.54) is 0 Å². The number of aliphatic hydroxyl groups is 1. The number of carbonyl (C=O) groups excluding carboxylic acids is 1. The maximum absolute atomic E-state index is 11.8. The Morgan fingerprint density at radius 3 is 2.41 bits per heavy atom. The van der Waals surface area contributed by atoms with E-state index in [1.807, 2.05) is 20.8 Å². The number of carbonyl (C=O) groups is 1. The number of hydrogen-bond acceptors (Lipinski definition) is 4. The van der Waals surface area contributed by atoms with Gasteiger partial charge in [0.1, 0.15) is 5.60 Å². The first-order valence-electron chi connectivity index (χ1n) is 6.19. The van der Waals surface area contributed by atoms with Crippen LogP contribution in [0.15, 0.2) is 0 Å². The van der Waals surface area contributed by atoms with Crippen molar-refractivity contribution < 1.29 is 14.6 Å². The van der Waals surface area contributed by atoms with Crippen molar-refractivity contribution in [3.63, 3.8) is 0 Å². The van der Waals surface area contributed by atoms with Gasteiger partial charge in [-0.05, 0) is 39.5 Å². The fourth-order valence-corrected chi connectivity index (χ4v) is 1.99. The number of hydrogen-bond donors (Lipinski definition) is 2. The minimum atomic E-state index is -0.454. The largest absolute Gasteiger partial charge is 0.444 e.